The normalized spacial score (nSPS) is 13.2. The number of H-pyrrole nitrogens is 1. The number of fused-ring (bicyclic) bond motifs is 1. The van der Waals surface area contributed by atoms with E-state index in [0.29, 0.717) is 5.56 Å². The Hall–Kier alpha value is -2.37. The lowest BCUT2D eigenvalue weighted by atomic mass is 9.86. The highest BCUT2D eigenvalue weighted by atomic mass is 16.4. The molecule has 0 aliphatic heterocycles. The van der Waals surface area contributed by atoms with Crippen LogP contribution in [0.15, 0.2) is 24.4 Å². The average molecular weight is 275 g/mol. The van der Waals surface area contributed by atoms with Crippen LogP contribution < -0.4 is 5.32 Å². The summed E-state index contributed by atoms with van der Waals surface area (Å²) >= 11 is 0. The zero-order chi connectivity index (χ0) is 14.9. The van der Waals surface area contributed by atoms with Crippen LogP contribution in [-0.2, 0) is 4.79 Å². The third kappa shape index (κ3) is 2.79. The van der Waals surface area contributed by atoms with Crippen molar-refractivity contribution in [3.63, 3.8) is 0 Å². The van der Waals surface area contributed by atoms with E-state index in [9.17, 15) is 14.7 Å². The third-order valence-electron chi connectivity index (χ3n) is 3.09. The minimum atomic E-state index is -1.05. The van der Waals surface area contributed by atoms with E-state index in [1.807, 2.05) is 0 Å². The summed E-state index contributed by atoms with van der Waals surface area (Å²) in [4.78, 5) is 23.4. The van der Waals surface area contributed by atoms with Crippen LogP contribution in [0, 0.1) is 5.41 Å². The molecule has 1 aromatic carbocycles. The van der Waals surface area contributed by atoms with Crippen LogP contribution in [0.5, 0.6) is 0 Å². The fourth-order valence-electron chi connectivity index (χ4n) is 1.95. The quantitative estimate of drug-likeness (QED) is 0.795. The van der Waals surface area contributed by atoms with Gasteiger partial charge in [-0.15, -0.1) is 0 Å². The Morgan fingerprint density at radius 1 is 1.35 bits per heavy atom. The number of carboxylic acids is 1. The van der Waals surface area contributed by atoms with Gasteiger partial charge in [-0.2, -0.15) is 5.10 Å². The van der Waals surface area contributed by atoms with E-state index in [-0.39, 0.29) is 0 Å². The topological polar surface area (TPSA) is 95.1 Å². The number of carbonyl (C=O) groups is 2. The van der Waals surface area contributed by atoms with E-state index >= 15 is 0 Å². The Morgan fingerprint density at radius 3 is 2.65 bits per heavy atom. The smallest absolute Gasteiger partial charge is 0.326 e. The standard InChI is InChI=1S/C14H17N3O3/c1-14(2,3)11(13(19)20)16-12(18)8-4-5-10-9(6-8)7-15-17-10/h4-7,11H,1-3H3,(H,15,17)(H,16,18)(H,19,20)/t11-/m1/s1. The van der Waals surface area contributed by atoms with Crippen molar-refractivity contribution >= 4 is 22.8 Å². The number of amides is 1. The highest BCUT2D eigenvalue weighted by Gasteiger charge is 2.32. The largest absolute Gasteiger partial charge is 0.480 e. The van der Waals surface area contributed by atoms with Gasteiger partial charge in [0.2, 0.25) is 0 Å². The molecule has 3 N–H and O–H groups in total. The maximum Gasteiger partial charge on any atom is 0.326 e. The predicted octanol–water partition coefficient (Wildman–Crippen LogP) is 1.79. The molecule has 0 bridgehead atoms. The number of benzene rings is 1. The minimum absolute atomic E-state index is 0.407. The summed E-state index contributed by atoms with van der Waals surface area (Å²) in [7, 11) is 0. The first kappa shape index (κ1) is 14.0. The van der Waals surface area contributed by atoms with Crippen LogP contribution >= 0.6 is 0 Å². The van der Waals surface area contributed by atoms with Gasteiger partial charge in [0, 0.05) is 10.9 Å². The number of nitrogens with one attached hydrogen (secondary N) is 2. The van der Waals surface area contributed by atoms with Crippen LogP contribution in [0.1, 0.15) is 31.1 Å². The molecule has 106 valence electrons. The Kier molecular flexibility index (Phi) is 3.48. The number of aliphatic carboxylic acids is 1. The van der Waals surface area contributed by atoms with Gasteiger partial charge in [-0.25, -0.2) is 4.79 Å². The summed E-state index contributed by atoms with van der Waals surface area (Å²) in [5.41, 5.74) is 0.669. The predicted molar refractivity (Wildman–Crippen MR) is 74.4 cm³/mol. The molecule has 0 spiro atoms. The molecule has 6 nitrogen and oxygen atoms in total. The van der Waals surface area contributed by atoms with Gasteiger partial charge >= 0.3 is 5.97 Å². The van der Waals surface area contributed by atoms with Crippen molar-refractivity contribution in [3.8, 4) is 0 Å². The maximum absolute atomic E-state index is 12.2. The zero-order valence-electron chi connectivity index (χ0n) is 11.6. The molecule has 1 amide bonds. The van der Waals surface area contributed by atoms with Gasteiger partial charge in [-0.05, 0) is 23.6 Å². The van der Waals surface area contributed by atoms with Gasteiger partial charge < -0.3 is 10.4 Å². The first-order valence-corrected chi connectivity index (χ1v) is 6.26. The molecule has 6 heteroatoms. The van der Waals surface area contributed by atoms with Crippen molar-refractivity contribution in [1.29, 1.82) is 0 Å². The van der Waals surface area contributed by atoms with E-state index in [0.717, 1.165) is 10.9 Å². The number of hydrogen-bond acceptors (Lipinski definition) is 3. The molecule has 1 aromatic heterocycles. The van der Waals surface area contributed by atoms with Crippen molar-refractivity contribution in [2.45, 2.75) is 26.8 Å². The number of aromatic nitrogens is 2. The number of hydrogen-bond donors (Lipinski definition) is 3. The number of nitrogens with zero attached hydrogens (tertiary/aromatic N) is 1. The van der Waals surface area contributed by atoms with Gasteiger partial charge in [0.25, 0.3) is 5.91 Å². The fourth-order valence-corrected chi connectivity index (χ4v) is 1.95. The average Bonchev–Trinajstić information content (AvgIpc) is 2.80. The van der Waals surface area contributed by atoms with Crippen LogP contribution in [0.25, 0.3) is 10.9 Å². The minimum Gasteiger partial charge on any atom is -0.480 e. The second-order valence-corrected chi connectivity index (χ2v) is 5.78. The second-order valence-electron chi connectivity index (χ2n) is 5.78. The second kappa shape index (κ2) is 4.96. The molecular formula is C14H17N3O3. The first-order valence-electron chi connectivity index (χ1n) is 6.26. The number of aromatic amines is 1. The van der Waals surface area contributed by atoms with Crippen molar-refractivity contribution < 1.29 is 14.7 Å². The van der Waals surface area contributed by atoms with Crippen LogP contribution in [0.3, 0.4) is 0 Å². The molecule has 2 aromatic rings. The van der Waals surface area contributed by atoms with Gasteiger partial charge in [0.05, 0.1) is 11.7 Å². The summed E-state index contributed by atoms with van der Waals surface area (Å²) in [5.74, 6) is -1.45. The van der Waals surface area contributed by atoms with Gasteiger partial charge in [-0.3, -0.25) is 9.89 Å². The van der Waals surface area contributed by atoms with Gasteiger partial charge in [-0.1, -0.05) is 20.8 Å². The van der Waals surface area contributed by atoms with Crippen LogP contribution in [0.2, 0.25) is 0 Å². The van der Waals surface area contributed by atoms with Crippen LogP contribution in [-0.4, -0.2) is 33.2 Å². The van der Waals surface area contributed by atoms with Gasteiger partial charge in [0.15, 0.2) is 0 Å². The molecule has 0 saturated heterocycles. The number of carboxylic acid groups (broad SMARTS) is 1. The lowest BCUT2D eigenvalue weighted by Crippen LogP contribution is -2.49. The SMILES string of the molecule is CC(C)(C)[C@H](NC(=O)c1ccc2[nH]ncc2c1)C(=O)O. The van der Waals surface area contributed by atoms with Crippen molar-refractivity contribution in [2.24, 2.45) is 5.41 Å². The van der Waals surface area contributed by atoms with E-state index in [1.54, 1.807) is 45.2 Å². The Morgan fingerprint density at radius 2 is 2.05 bits per heavy atom. The molecule has 1 heterocycles. The summed E-state index contributed by atoms with van der Waals surface area (Å²) in [6, 6.07) is 4.10. The summed E-state index contributed by atoms with van der Waals surface area (Å²) in [6.07, 6.45) is 1.62. The van der Waals surface area contributed by atoms with Gasteiger partial charge in [0.1, 0.15) is 6.04 Å². The molecular weight excluding hydrogens is 258 g/mol. The molecule has 0 aliphatic carbocycles. The Labute approximate surface area is 116 Å². The molecule has 2 rings (SSSR count). The highest BCUT2D eigenvalue weighted by molar-refractivity contribution is 5.99. The molecule has 0 saturated carbocycles. The number of carbonyl (C=O) groups excluding carboxylic acids is 1. The lowest BCUT2D eigenvalue weighted by molar-refractivity contribution is -0.142. The Bertz CT molecular complexity index is 655. The molecule has 20 heavy (non-hydrogen) atoms. The summed E-state index contributed by atoms with van der Waals surface area (Å²) < 4.78 is 0. The molecule has 0 fully saturated rings. The molecule has 0 radical (unpaired) electrons. The van der Waals surface area contributed by atoms with Crippen molar-refractivity contribution in [3.05, 3.63) is 30.0 Å². The Balaban J connectivity index is 2.24. The maximum atomic E-state index is 12.2. The zero-order valence-corrected chi connectivity index (χ0v) is 11.6. The fraction of sp³-hybridized carbons (Fsp3) is 0.357. The monoisotopic (exact) mass is 275 g/mol. The molecule has 1 atom stereocenters. The van der Waals surface area contributed by atoms with E-state index in [1.165, 1.54) is 0 Å². The lowest BCUT2D eigenvalue weighted by Gasteiger charge is -2.27. The molecule has 0 aliphatic rings. The van der Waals surface area contributed by atoms with Crippen molar-refractivity contribution in [1.82, 2.24) is 15.5 Å². The van der Waals surface area contributed by atoms with Crippen LogP contribution in [0.4, 0.5) is 0 Å². The van der Waals surface area contributed by atoms with E-state index in [4.69, 9.17) is 0 Å². The van der Waals surface area contributed by atoms with E-state index < -0.39 is 23.3 Å². The van der Waals surface area contributed by atoms with E-state index in [2.05, 4.69) is 15.5 Å². The number of rotatable bonds is 3. The summed E-state index contributed by atoms with van der Waals surface area (Å²) in [5, 5.41) is 19.3. The van der Waals surface area contributed by atoms with Crippen molar-refractivity contribution in [2.75, 3.05) is 0 Å². The first-order chi connectivity index (χ1) is 9.29. The third-order valence-corrected chi connectivity index (χ3v) is 3.09. The highest BCUT2D eigenvalue weighted by Crippen LogP contribution is 2.20. The summed E-state index contributed by atoms with van der Waals surface area (Å²) in [6.45, 7) is 5.31. The molecule has 0 unspecified atom stereocenters.